The molecule has 1 saturated carbocycles. The van der Waals surface area contributed by atoms with Crippen molar-refractivity contribution in [2.45, 2.75) is 38.1 Å². The fourth-order valence-electron chi connectivity index (χ4n) is 4.13. The molecule has 0 atom stereocenters. The zero-order valence-electron chi connectivity index (χ0n) is 15.1. The summed E-state index contributed by atoms with van der Waals surface area (Å²) in [5.41, 5.74) is 2.27. The van der Waals surface area contributed by atoms with Crippen LogP contribution in [0.1, 0.15) is 46.6 Å². The van der Waals surface area contributed by atoms with Gasteiger partial charge in [0.25, 0.3) is 5.91 Å². The minimum atomic E-state index is -0.356. The molecule has 1 amide bonds. The van der Waals surface area contributed by atoms with Crippen LogP contribution in [-0.4, -0.2) is 17.7 Å². The number of fused-ring (bicyclic) bond motifs is 2. The average molecular weight is 380 g/mol. The Morgan fingerprint density at radius 2 is 1.93 bits per heavy atom. The van der Waals surface area contributed by atoms with Crippen molar-refractivity contribution in [1.82, 2.24) is 10.3 Å². The van der Waals surface area contributed by atoms with Crippen LogP contribution in [0.25, 0.3) is 10.2 Å². The molecule has 0 radical (unpaired) electrons. The largest absolute Gasteiger partial charge is 0.454 e. The predicted molar refractivity (Wildman–Crippen MR) is 105 cm³/mol. The van der Waals surface area contributed by atoms with Crippen molar-refractivity contribution >= 4 is 27.5 Å². The standard InChI is InChI=1S/C21H20N2O3S/c1-13-22-16-10-14(4-7-19(16)27-13)20(24)23-21(8-2-3-9-21)15-5-6-17-18(11-15)26-12-25-17/h4-7,10-11H,2-3,8-9,12H2,1H3,(H,23,24). The number of nitrogens with one attached hydrogen (secondary N) is 1. The maximum atomic E-state index is 13.1. The lowest BCUT2D eigenvalue weighted by atomic mass is 9.87. The summed E-state index contributed by atoms with van der Waals surface area (Å²) in [6, 6.07) is 11.8. The average Bonchev–Trinajstić information content (AvgIpc) is 3.39. The van der Waals surface area contributed by atoms with Crippen molar-refractivity contribution in [3.8, 4) is 11.5 Å². The number of nitrogens with zero attached hydrogens (tertiary/aromatic N) is 1. The molecule has 1 N–H and O–H groups in total. The zero-order valence-corrected chi connectivity index (χ0v) is 15.9. The van der Waals surface area contributed by atoms with Crippen LogP contribution in [0.3, 0.4) is 0 Å². The van der Waals surface area contributed by atoms with Crippen LogP contribution in [0.2, 0.25) is 0 Å². The van der Waals surface area contributed by atoms with Crippen molar-refractivity contribution in [3.05, 3.63) is 52.5 Å². The number of carbonyl (C=O) groups excluding carboxylic acids is 1. The summed E-state index contributed by atoms with van der Waals surface area (Å²) < 4.78 is 12.1. The molecule has 0 unspecified atom stereocenters. The van der Waals surface area contributed by atoms with E-state index in [0.717, 1.165) is 58.0 Å². The molecular weight excluding hydrogens is 360 g/mol. The van der Waals surface area contributed by atoms with E-state index in [2.05, 4.69) is 10.3 Å². The normalized spacial score (nSPS) is 17.4. The number of amides is 1. The minimum Gasteiger partial charge on any atom is -0.454 e. The van der Waals surface area contributed by atoms with Gasteiger partial charge in [-0.15, -0.1) is 11.3 Å². The molecule has 1 aliphatic carbocycles. The van der Waals surface area contributed by atoms with E-state index in [1.54, 1.807) is 11.3 Å². The number of aromatic nitrogens is 1. The minimum absolute atomic E-state index is 0.0536. The lowest BCUT2D eigenvalue weighted by molar-refractivity contribution is 0.0898. The Kier molecular flexibility index (Phi) is 3.82. The lowest BCUT2D eigenvalue weighted by Gasteiger charge is -2.31. The number of carbonyl (C=O) groups is 1. The number of aryl methyl sites for hydroxylation is 1. The summed E-state index contributed by atoms with van der Waals surface area (Å²) in [7, 11) is 0. The Balaban J connectivity index is 1.47. The van der Waals surface area contributed by atoms with Gasteiger partial charge < -0.3 is 14.8 Å². The van der Waals surface area contributed by atoms with Gasteiger partial charge in [-0.3, -0.25) is 4.79 Å². The highest BCUT2D eigenvalue weighted by molar-refractivity contribution is 7.18. The molecule has 0 bridgehead atoms. The topological polar surface area (TPSA) is 60.5 Å². The van der Waals surface area contributed by atoms with E-state index in [1.165, 1.54) is 0 Å². The third-order valence-electron chi connectivity index (χ3n) is 5.49. The number of hydrogen-bond donors (Lipinski definition) is 1. The van der Waals surface area contributed by atoms with Gasteiger partial charge >= 0.3 is 0 Å². The Hall–Kier alpha value is -2.60. The van der Waals surface area contributed by atoms with Crippen LogP contribution in [-0.2, 0) is 5.54 Å². The van der Waals surface area contributed by atoms with Gasteiger partial charge in [0, 0.05) is 5.56 Å². The van der Waals surface area contributed by atoms with Gasteiger partial charge in [0.1, 0.15) is 0 Å². The van der Waals surface area contributed by atoms with Gasteiger partial charge in [-0.25, -0.2) is 4.98 Å². The van der Waals surface area contributed by atoms with E-state index in [1.807, 2.05) is 43.3 Å². The monoisotopic (exact) mass is 380 g/mol. The molecule has 2 aromatic carbocycles. The predicted octanol–water partition coefficient (Wildman–Crippen LogP) is 4.53. The van der Waals surface area contributed by atoms with Gasteiger partial charge in [-0.1, -0.05) is 18.9 Å². The summed E-state index contributed by atoms with van der Waals surface area (Å²) in [5.74, 6) is 1.47. The Labute approximate surface area is 161 Å². The Morgan fingerprint density at radius 1 is 1.11 bits per heavy atom. The first kappa shape index (κ1) is 16.6. The van der Waals surface area contributed by atoms with Crippen LogP contribution in [0.4, 0.5) is 0 Å². The van der Waals surface area contributed by atoms with Crippen molar-refractivity contribution in [3.63, 3.8) is 0 Å². The van der Waals surface area contributed by atoms with E-state index in [9.17, 15) is 4.79 Å². The van der Waals surface area contributed by atoms with Crippen LogP contribution in [0, 0.1) is 6.92 Å². The van der Waals surface area contributed by atoms with E-state index in [-0.39, 0.29) is 18.2 Å². The smallest absolute Gasteiger partial charge is 0.252 e. The highest BCUT2D eigenvalue weighted by Gasteiger charge is 2.38. The van der Waals surface area contributed by atoms with E-state index in [0.29, 0.717) is 5.56 Å². The number of rotatable bonds is 3. The molecule has 1 aliphatic heterocycles. The molecule has 27 heavy (non-hydrogen) atoms. The second-order valence-corrected chi connectivity index (χ2v) is 8.46. The fraction of sp³-hybridized carbons (Fsp3) is 0.333. The number of hydrogen-bond acceptors (Lipinski definition) is 5. The summed E-state index contributed by atoms with van der Waals surface area (Å²) in [6.07, 6.45) is 4.05. The number of thiazole rings is 1. The van der Waals surface area contributed by atoms with Gasteiger partial charge in [-0.05, 0) is 55.7 Å². The molecule has 0 saturated heterocycles. The van der Waals surface area contributed by atoms with Gasteiger partial charge in [0.2, 0.25) is 6.79 Å². The fourth-order valence-corrected chi connectivity index (χ4v) is 4.94. The summed E-state index contributed by atoms with van der Waals surface area (Å²) in [4.78, 5) is 17.6. The lowest BCUT2D eigenvalue weighted by Crippen LogP contribution is -2.43. The molecule has 2 heterocycles. The van der Waals surface area contributed by atoms with Crippen molar-refractivity contribution in [2.24, 2.45) is 0 Å². The molecule has 1 aromatic heterocycles. The van der Waals surface area contributed by atoms with Crippen molar-refractivity contribution < 1.29 is 14.3 Å². The zero-order chi connectivity index (χ0) is 18.4. The Morgan fingerprint density at radius 3 is 2.78 bits per heavy atom. The van der Waals surface area contributed by atoms with Crippen LogP contribution in [0.5, 0.6) is 11.5 Å². The van der Waals surface area contributed by atoms with Crippen LogP contribution < -0.4 is 14.8 Å². The molecule has 2 aliphatic rings. The van der Waals surface area contributed by atoms with Gasteiger partial charge in [0.15, 0.2) is 11.5 Å². The maximum Gasteiger partial charge on any atom is 0.252 e. The van der Waals surface area contributed by atoms with E-state index < -0.39 is 0 Å². The molecule has 1 fully saturated rings. The first-order valence-corrected chi connectivity index (χ1v) is 10.0. The van der Waals surface area contributed by atoms with Crippen molar-refractivity contribution in [2.75, 3.05) is 6.79 Å². The third kappa shape index (κ3) is 2.84. The van der Waals surface area contributed by atoms with Crippen molar-refractivity contribution in [1.29, 1.82) is 0 Å². The second kappa shape index (κ2) is 6.23. The maximum absolute atomic E-state index is 13.1. The number of ether oxygens (including phenoxy) is 2. The molecule has 6 heteroatoms. The van der Waals surface area contributed by atoms with Gasteiger partial charge in [-0.2, -0.15) is 0 Å². The molecular formula is C21H20N2O3S. The molecule has 138 valence electrons. The highest BCUT2D eigenvalue weighted by Crippen LogP contribution is 2.43. The summed E-state index contributed by atoms with van der Waals surface area (Å²) in [5, 5.41) is 4.34. The highest BCUT2D eigenvalue weighted by atomic mass is 32.1. The van der Waals surface area contributed by atoms with E-state index in [4.69, 9.17) is 9.47 Å². The van der Waals surface area contributed by atoms with E-state index >= 15 is 0 Å². The van der Waals surface area contributed by atoms with Crippen LogP contribution in [0.15, 0.2) is 36.4 Å². The van der Waals surface area contributed by atoms with Crippen LogP contribution >= 0.6 is 11.3 Å². The molecule has 5 nitrogen and oxygen atoms in total. The first-order chi connectivity index (χ1) is 13.1. The molecule has 5 rings (SSSR count). The Bertz CT molecular complexity index is 1040. The summed E-state index contributed by atoms with van der Waals surface area (Å²) >= 11 is 1.64. The SMILES string of the molecule is Cc1nc2cc(C(=O)NC3(c4ccc5c(c4)OCO5)CCCC3)ccc2s1. The summed E-state index contributed by atoms with van der Waals surface area (Å²) in [6.45, 7) is 2.24. The van der Waals surface area contributed by atoms with Gasteiger partial charge in [0.05, 0.1) is 20.8 Å². The second-order valence-electron chi connectivity index (χ2n) is 7.23. The molecule has 3 aromatic rings. The quantitative estimate of drug-likeness (QED) is 0.725. The third-order valence-corrected chi connectivity index (χ3v) is 6.44. The first-order valence-electron chi connectivity index (χ1n) is 9.23. The number of benzene rings is 2. The molecule has 0 spiro atoms.